The van der Waals surface area contributed by atoms with Crippen molar-refractivity contribution in [2.75, 3.05) is 16.9 Å². The van der Waals surface area contributed by atoms with E-state index in [2.05, 4.69) is 0 Å². The van der Waals surface area contributed by atoms with Gasteiger partial charge in [0, 0.05) is 5.75 Å². The van der Waals surface area contributed by atoms with Crippen LogP contribution in [0.1, 0.15) is 0 Å². The van der Waals surface area contributed by atoms with Gasteiger partial charge in [0.15, 0.2) is 17.5 Å². The van der Waals surface area contributed by atoms with E-state index in [1.807, 2.05) is 5.32 Å². The second-order valence-corrected chi connectivity index (χ2v) is 4.98. The summed E-state index contributed by atoms with van der Waals surface area (Å²) in [6, 6.07) is -0.382. The van der Waals surface area contributed by atoms with Crippen molar-refractivity contribution in [2.24, 2.45) is 0 Å². The van der Waals surface area contributed by atoms with Crippen molar-refractivity contribution in [1.82, 2.24) is 4.90 Å². The van der Waals surface area contributed by atoms with Crippen molar-refractivity contribution < 1.29 is 27.9 Å². The Morgan fingerprint density at radius 1 is 1.30 bits per heavy atom. The lowest BCUT2D eigenvalue weighted by Gasteiger charge is -2.21. The van der Waals surface area contributed by atoms with Gasteiger partial charge in [-0.1, -0.05) is 0 Å². The first-order valence-electron chi connectivity index (χ1n) is 5.43. The molecule has 0 saturated carbocycles. The first-order chi connectivity index (χ1) is 9.41. The Hall–Kier alpha value is -1.90. The number of aliphatic carboxylic acids is 1. The largest absolute Gasteiger partial charge is 0.480 e. The number of thioether (sulfide) groups is 1. The van der Waals surface area contributed by atoms with Crippen molar-refractivity contribution in [3.8, 4) is 0 Å². The fourth-order valence-corrected chi connectivity index (χ4v) is 2.80. The fraction of sp³-hybridized carbons (Fsp3) is 0.273. The average molecular weight is 306 g/mol. The number of benzene rings is 1. The SMILES string of the molecule is O=C(O)C1CSCN1C(=O)Nc1ccc(F)c(F)c1F. The molecule has 0 aliphatic carbocycles. The van der Waals surface area contributed by atoms with Crippen molar-refractivity contribution in [3.05, 3.63) is 29.6 Å². The lowest BCUT2D eigenvalue weighted by molar-refractivity contribution is -0.140. The summed E-state index contributed by atoms with van der Waals surface area (Å²) in [6.45, 7) is 0. The van der Waals surface area contributed by atoms with E-state index in [0.717, 1.165) is 11.0 Å². The quantitative estimate of drug-likeness (QED) is 0.821. The number of urea groups is 1. The monoisotopic (exact) mass is 306 g/mol. The van der Waals surface area contributed by atoms with Gasteiger partial charge in [0.25, 0.3) is 0 Å². The highest BCUT2D eigenvalue weighted by molar-refractivity contribution is 7.99. The molecule has 0 spiro atoms. The van der Waals surface area contributed by atoms with Gasteiger partial charge >= 0.3 is 12.0 Å². The molecule has 108 valence electrons. The molecule has 0 aromatic heterocycles. The van der Waals surface area contributed by atoms with Gasteiger partial charge in [-0.05, 0) is 12.1 Å². The van der Waals surface area contributed by atoms with Crippen LogP contribution in [-0.2, 0) is 4.79 Å². The van der Waals surface area contributed by atoms with Gasteiger partial charge in [0.2, 0.25) is 0 Å². The molecule has 1 atom stereocenters. The number of anilines is 1. The van der Waals surface area contributed by atoms with E-state index >= 15 is 0 Å². The Kier molecular flexibility index (Phi) is 4.07. The molecule has 0 radical (unpaired) electrons. The maximum absolute atomic E-state index is 13.4. The van der Waals surface area contributed by atoms with E-state index in [9.17, 15) is 22.8 Å². The molecule has 1 aliphatic heterocycles. The number of rotatable bonds is 2. The molecule has 5 nitrogen and oxygen atoms in total. The Bertz CT molecular complexity index is 570. The van der Waals surface area contributed by atoms with Crippen LogP contribution in [0.5, 0.6) is 0 Å². The molecule has 1 saturated heterocycles. The molecule has 20 heavy (non-hydrogen) atoms. The standard InChI is InChI=1S/C11H9F3N2O3S/c12-5-1-2-6(9(14)8(5)13)15-11(19)16-4-20-3-7(16)10(17)18/h1-2,7H,3-4H2,(H,15,19)(H,17,18). The lowest BCUT2D eigenvalue weighted by Crippen LogP contribution is -2.44. The van der Waals surface area contributed by atoms with Crippen molar-refractivity contribution in [2.45, 2.75) is 6.04 Å². The number of carboxylic acids is 1. The summed E-state index contributed by atoms with van der Waals surface area (Å²) in [4.78, 5) is 23.7. The van der Waals surface area contributed by atoms with Crippen LogP contribution in [0.3, 0.4) is 0 Å². The van der Waals surface area contributed by atoms with Gasteiger partial charge in [0.05, 0.1) is 11.6 Å². The molecule has 1 aliphatic rings. The van der Waals surface area contributed by atoms with Crippen LogP contribution in [0.15, 0.2) is 12.1 Å². The molecular formula is C11H9F3N2O3S. The van der Waals surface area contributed by atoms with Gasteiger partial charge in [-0.25, -0.2) is 22.8 Å². The van der Waals surface area contributed by atoms with Gasteiger partial charge in [-0.15, -0.1) is 11.8 Å². The molecule has 2 rings (SSSR count). The van der Waals surface area contributed by atoms with Crippen LogP contribution in [0.2, 0.25) is 0 Å². The van der Waals surface area contributed by atoms with Crippen molar-refractivity contribution >= 4 is 29.4 Å². The average Bonchev–Trinajstić information content (AvgIpc) is 2.89. The molecule has 1 unspecified atom stereocenters. The molecule has 1 fully saturated rings. The van der Waals surface area contributed by atoms with E-state index in [0.29, 0.717) is 6.07 Å². The Morgan fingerprint density at radius 2 is 2.00 bits per heavy atom. The summed E-state index contributed by atoms with van der Waals surface area (Å²) in [6.07, 6.45) is 0. The molecule has 2 amide bonds. The van der Waals surface area contributed by atoms with Gasteiger partial charge in [0.1, 0.15) is 6.04 Å². The maximum atomic E-state index is 13.4. The fourth-order valence-electron chi connectivity index (χ4n) is 1.66. The van der Waals surface area contributed by atoms with E-state index in [1.54, 1.807) is 0 Å². The predicted octanol–water partition coefficient (Wildman–Crippen LogP) is 2.10. The van der Waals surface area contributed by atoms with E-state index < -0.39 is 41.2 Å². The second-order valence-electron chi connectivity index (χ2n) is 3.98. The zero-order valence-electron chi connectivity index (χ0n) is 9.90. The number of nitrogens with one attached hydrogen (secondary N) is 1. The number of carbonyl (C=O) groups excluding carboxylic acids is 1. The van der Waals surface area contributed by atoms with Gasteiger partial charge in [-0.3, -0.25) is 0 Å². The number of amides is 2. The second kappa shape index (κ2) is 5.61. The van der Waals surface area contributed by atoms with Crippen LogP contribution in [0.25, 0.3) is 0 Å². The third-order valence-electron chi connectivity index (χ3n) is 2.71. The number of hydrogen-bond donors (Lipinski definition) is 2. The Morgan fingerprint density at radius 3 is 2.65 bits per heavy atom. The van der Waals surface area contributed by atoms with E-state index in [-0.39, 0.29) is 11.6 Å². The first-order valence-corrected chi connectivity index (χ1v) is 6.59. The van der Waals surface area contributed by atoms with Crippen LogP contribution < -0.4 is 5.32 Å². The summed E-state index contributed by atoms with van der Waals surface area (Å²) in [7, 11) is 0. The highest BCUT2D eigenvalue weighted by Gasteiger charge is 2.35. The highest BCUT2D eigenvalue weighted by atomic mass is 32.2. The van der Waals surface area contributed by atoms with Crippen LogP contribution in [0.4, 0.5) is 23.7 Å². The number of carboxylic acid groups (broad SMARTS) is 1. The van der Waals surface area contributed by atoms with Crippen LogP contribution >= 0.6 is 11.8 Å². The molecule has 1 aromatic carbocycles. The number of nitrogens with zero attached hydrogens (tertiary/aromatic N) is 1. The minimum Gasteiger partial charge on any atom is -0.480 e. The molecule has 2 N–H and O–H groups in total. The molecule has 1 aromatic rings. The summed E-state index contributed by atoms with van der Waals surface area (Å²) < 4.78 is 39.2. The summed E-state index contributed by atoms with van der Waals surface area (Å²) >= 11 is 1.22. The summed E-state index contributed by atoms with van der Waals surface area (Å²) in [5.74, 6) is -5.46. The third kappa shape index (κ3) is 2.67. The zero-order valence-corrected chi connectivity index (χ0v) is 10.7. The van der Waals surface area contributed by atoms with E-state index in [4.69, 9.17) is 5.11 Å². The highest BCUT2D eigenvalue weighted by Crippen LogP contribution is 2.24. The topological polar surface area (TPSA) is 69.6 Å². The maximum Gasteiger partial charge on any atom is 0.327 e. The molecule has 1 heterocycles. The lowest BCUT2D eigenvalue weighted by atomic mass is 10.2. The molecule has 0 bridgehead atoms. The zero-order chi connectivity index (χ0) is 14.9. The predicted molar refractivity (Wildman–Crippen MR) is 65.9 cm³/mol. The minimum atomic E-state index is -1.70. The minimum absolute atomic E-state index is 0.119. The van der Waals surface area contributed by atoms with Crippen molar-refractivity contribution in [3.63, 3.8) is 0 Å². The number of hydrogen-bond acceptors (Lipinski definition) is 3. The van der Waals surface area contributed by atoms with Crippen LogP contribution in [-0.4, -0.2) is 39.7 Å². The third-order valence-corrected chi connectivity index (χ3v) is 3.72. The Balaban J connectivity index is 2.16. The number of halogens is 3. The van der Waals surface area contributed by atoms with Gasteiger partial charge in [-0.2, -0.15) is 0 Å². The van der Waals surface area contributed by atoms with E-state index in [1.165, 1.54) is 11.8 Å². The smallest absolute Gasteiger partial charge is 0.327 e. The normalized spacial score (nSPS) is 18.1. The number of carbonyl (C=O) groups is 2. The Labute approximate surface area is 115 Å². The molecule has 9 heteroatoms. The molecular weight excluding hydrogens is 297 g/mol. The van der Waals surface area contributed by atoms with Crippen LogP contribution in [0, 0.1) is 17.5 Å². The first kappa shape index (κ1) is 14.5. The summed E-state index contributed by atoms with van der Waals surface area (Å²) in [5, 5.41) is 10.9. The van der Waals surface area contributed by atoms with Gasteiger partial charge < -0.3 is 15.3 Å². The summed E-state index contributed by atoms with van der Waals surface area (Å²) in [5.41, 5.74) is -0.546. The van der Waals surface area contributed by atoms with Crippen molar-refractivity contribution in [1.29, 1.82) is 0 Å².